The number of hydrogen-bond acceptors (Lipinski definition) is 3. The molecule has 0 aromatic heterocycles. The summed E-state index contributed by atoms with van der Waals surface area (Å²) in [6.45, 7) is 10.5. The molecule has 1 fully saturated rings. The summed E-state index contributed by atoms with van der Waals surface area (Å²) in [7, 11) is 0. The van der Waals surface area contributed by atoms with Gasteiger partial charge >= 0.3 is 0 Å². The molecule has 3 nitrogen and oxygen atoms in total. The molecule has 1 atom stereocenters. The van der Waals surface area contributed by atoms with Crippen LogP contribution in [0.15, 0.2) is 48.5 Å². The average molecular weight is 439 g/mol. The predicted molar refractivity (Wildman–Crippen MR) is 133 cm³/mol. The van der Waals surface area contributed by atoms with Crippen LogP contribution in [0.3, 0.4) is 0 Å². The van der Waals surface area contributed by atoms with Crippen LogP contribution in [-0.2, 0) is 4.74 Å². The standard InChI is InChI=1S/C29H42O3/c1-22(2)20-29(23(3)4)26-12-16-28(17-13-26)32-21-30-18-19-31-27-14-10-25(11-15-27)24-8-6-5-7-9-24/h10-17,22-24,29H,5-9,18-21H2,1-4H3. The molecule has 0 bridgehead atoms. The van der Waals surface area contributed by atoms with Crippen molar-refractivity contribution in [2.24, 2.45) is 11.8 Å². The van der Waals surface area contributed by atoms with Crippen molar-refractivity contribution < 1.29 is 14.2 Å². The lowest BCUT2D eigenvalue weighted by atomic mass is 9.82. The van der Waals surface area contributed by atoms with Crippen LogP contribution < -0.4 is 9.47 Å². The van der Waals surface area contributed by atoms with Crippen LogP contribution in [0.25, 0.3) is 0 Å². The van der Waals surface area contributed by atoms with Gasteiger partial charge in [0, 0.05) is 0 Å². The molecule has 0 amide bonds. The lowest BCUT2D eigenvalue weighted by Crippen LogP contribution is -2.11. The Labute approximate surface area is 195 Å². The normalized spacial score (nSPS) is 15.8. The van der Waals surface area contributed by atoms with Crippen molar-refractivity contribution >= 4 is 0 Å². The van der Waals surface area contributed by atoms with Crippen LogP contribution in [0.2, 0.25) is 0 Å². The van der Waals surface area contributed by atoms with Crippen LogP contribution in [0.1, 0.15) is 89.2 Å². The second-order valence-corrected chi connectivity index (χ2v) is 9.97. The van der Waals surface area contributed by atoms with Gasteiger partial charge in [-0.15, -0.1) is 0 Å². The van der Waals surface area contributed by atoms with Crippen molar-refractivity contribution in [2.45, 2.75) is 78.1 Å². The zero-order valence-corrected chi connectivity index (χ0v) is 20.5. The van der Waals surface area contributed by atoms with Gasteiger partial charge in [-0.05, 0) is 78.3 Å². The molecule has 1 aliphatic rings. The van der Waals surface area contributed by atoms with Crippen molar-refractivity contribution in [1.82, 2.24) is 0 Å². The molecule has 0 radical (unpaired) electrons. The fourth-order valence-electron chi connectivity index (χ4n) is 4.77. The highest BCUT2D eigenvalue weighted by molar-refractivity contribution is 5.30. The van der Waals surface area contributed by atoms with Gasteiger partial charge in [0.2, 0.25) is 0 Å². The van der Waals surface area contributed by atoms with Crippen LogP contribution in [0.4, 0.5) is 0 Å². The Morgan fingerprint density at radius 2 is 1.38 bits per heavy atom. The van der Waals surface area contributed by atoms with Gasteiger partial charge in [0.1, 0.15) is 18.1 Å². The average Bonchev–Trinajstić information content (AvgIpc) is 2.81. The third-order valence-electron chi connectivity index (χ3n) is 6.60. The quantitative estimate of drug-likeness (QED) is 0.248. The van der Waals surface area contributed by atoms with Crippen molar-refractivity contribution in [3.05, 3.63) is 59.7 Å². The topological polar surface area (TPSA) is 27.7 Å². The molecule has 32 heavy (non-hydrogen) atoms. The first-order valence-corrected chi connectivity index (χ1v) is 12.6. The zero-order chi connectivity index (χ0) is 22.8. The van der Waals surface area contributed by atoms with E-state index in [-0.39, 0.29) is 6.79 Å². The Hall–Kier alpha value is -2.00. The predicted octanol–water partition coefficient (Wildman–Crippen LogP) is 7.95. The van der Waals surface area contributed by atoms with E-state index in [0.29, 0.717) is 31.0 Å². The maximum Gasteiger partial charge on any atom is 0.189 e. The first-order chi connectivity index (χ1) is 15.5. The lowest BCUT2D eigenvalue weighted by Gasteiger charge is -2.23. The summed E-state index contributed by atoms with van der Waals surface area (Å²) in [6.07, 6.45) is 7.99. The summed E-state index contributed by atoms with van der Waals surface area (Å²) in [5.74, 6) is 4.42. The van der Waals surface area contributed by atoms with Crippen molar-refractivity contribution in [1.29, 1.82) is 0 Å². The largest absolute Gasteiger partial charge is 0.491 e. The smallest absolute Gasteiger partial charge is 0.189 e. The molecule has 1 unspecified atom stereocenters. The minimum atomic E-state index is 0.239. The Kier molecular flexibility index (Phi) is 9.92. The van der Waals surface area contributed by atoms with Gasteiger partial charge in [0.15, 0.2) is 6.79 Å². The summed E-state index contributed by atoms with van der Waals surface area (Å²) in [4.78, 5) is 0. The van der Waals surface area contributed by atoms with E-state index in [1.165, 1.54) is 49.7 Å². The van der Waals surface area contributed by atoms with Crippen molar-refractivity contribution in [2.75, 3.05) is 20.0 Å². The third kappa shape index (κ3) is 7.85. The molecule has 3 rings (SSSR count). The first kappa shape index (κ1) is 24.6. The summed E-state index contributed by atoms with van der Waals surface area (Å²) in [5.41, 5.74) is 2.85. The van der Waals surface area contributed by atoms with E-state index in [9.17, 15) is 0 Å². The number of ether oxygens (including phenoxy) is 3. The number of rotatable bonds is 12. The van der Waals surface area contributed by atoms with Crippen molar-refractivity contribution in [3.63, 3.8) is 0 Å². The van der Waals surface area contributed by atoms with E-state index in [2.05, 4.69) is 76.2 Å². The SMILES string of the molecule is CC(C)CC(c1ccc(OCOCCOc2ccc(C3CCCCC3)cc2)cc1)C(C)C. The maximum absolute atomic E-state index is 5.82. The second-order valence-electron chi connectivity index (χ2n) is 9.97. The van der Waals surface area contributed by atoms with Gasteiger partial charge in [-0.3, -0.25) is 0 Å². The van der Waals surface area contributed by atoms with Gasteiger partial charge in [-0.2, -0.15) is 0 Å². The molecule has 0 heterocycles. The van der Waals surface area contributed by atoms with E-state index in [1.807, 2.05) is 0 Å². The van der Waals surface area contributed by atoms with Crippen LogP contribution in [-0.4, -0.2) is 20.0 Å². The summed E-state index contributed by atoms with van der Waals surface area (Å²) < 4.78 is 17.2. The zero-order valence-electron chi connectivity index (χ0n) is 20.5. The summed E-state index contributed by atoms with van der Waals surface area (Å²) in [5, 5.41) is 0. The third-order valence-corrected chi connectivity index (χ3v) is 6.60. The van der Waals surface area contributed by atoms with E-state index >= 15 is 0 Å². The molecule has 2 aromatic carbocycles. The van der Waals surface area contributed by atoms with Crippen LogP contribution in [0.5, 0.6) is 11.5 Å². The van der Waals surface area contributed by atoms with Gasteiger partial charge in [-0.25, -0.2) is 0 Å². The molecule has 3 heteroatoms. The molecule has 1 aliphatic carbocycles. The molecule has 0 N–H and O–H groups in total. The monoisotopic (exact) mass is 438 g/mol. The van der Waals surface area contributed by atoms with Gasteiger partial charge in [0.25, 0.3) is 0 Å². The molecule has 176 valence electrons. The Morgan fingerprint density at radius 3 is 2.00 bits per heavy atom. The highest BCUT2D eigenvalue weighted by Crippen LogP contribution is 2.33. The van der Waals surface area contributed by atoms with E-state index in [4.69, 9.17) is 14.2 Å². The molecule has 2 aromatic rings. The number of hydrogen-bond donors (Lipinski definition) is 0. The van der Waals surface area contributed by atoms with E-state index < -0.39 is 0 Å². The van der Waals surface area contributed by atoms with Gasteiger partial charge < -0.3 is 14.2 Å². The molecule has 0 aliphatic heterocycles. The Bertz CT molecular complexity index is 758. The minimum Gasteiger partial charge on any atom is -0.491 e. The van der Waals surface area contributed by atoms with Crippen LogP contribution >= 0.6 is 0 Å². The van der Waals surface area contributed by atoms with E-state index in [0.717, 1.165) is 17.4 Å². The molecule has 0 spiro atoms. The summed E-state index contributed by atoms with van der Waals surface area (Å²) in [6, 6.07) is 17.1. The van der Waals surface area contributed by atoms with Gasteiger partial charge in [0.05, 0.1) is 6.61 Å². The Balaban J connectivity index is 1.33. The molecule has 0 saturated heterocycles. The fraction of sp³-hybridized carbons (Fsp3) is 0.586. The maximum atomic E-state index is 5.82. The summed E-state index contributed by atoms with van der Waals surface area (Å²) >= 11 is 0. The highest BCUT2D eigenvalue weighted by Gasteiger charge is 2.17. The van der Waals surface area contributed by atoms with Crippen LogP contribution in [0, 0.1) is 11.8 Å². The van der Waals surface area contributed by atoms with Gasteiger partial charge in [-0.1, -0.05) is 71.2 Å². The van der Waals surface area contributed by atoms with Crippen molar-refractivity contribution in [3.8, 4) is 11.5 Å². The molecule has 1 saturated carbocycles. The first-order valence-electron chi connectivity index (χ1n) is 12.6. The Morgan fingerprint density at radius 1 is 0.750 bits per heavy atom. The highest BCUT2D eigenvalue weighted by atomic mass is 16.7. The fourth-order valence-corrected chi connectivity index (χ4v) is 4.77. The second kappa shape index (κ2) is 12.9. The molecular formula is C29H42O3. The lowest BCUT2D eigenvalue weighted by molar-refractivity contribution is 0.00245. The minimum absolute atomic E-state index is 0.239. The van der Waals surface area contributed by atoms with E-state index in [1.54, 1.807) is 0 Å². The number of benzene rings is 2. The molecular weight excluding hydrogens is 396 g/mol.